The maximum Gasteiger partial charge on any atom is 0.225 e. The molecule has 0 aliphatic carbocycles. The molecule has 140 valence electrons. The van der Waals surface area contributed by atoms with Gasteiger partial charge in [-0.25, -0.2) is 4.98 Å². The number of anilines is 3. The van der Waals surface area contributed by atoms with Crippen molar-refractivity contribution in [3.8, 4) is 11.3 Å². The van der Waals surface area contributed by atoms with E-state index in [1.165, 1.54) is 0 Å². The van der Waals surface area contributed by atoms with Crippen LogP contribution in [0.2, 0.25) is 5.02 Å². The van der Waals surface area contributed by atoms with Gasteiger partial charge in [0.2, 0.25) is 5.95 Å². The zero-order chi connectivity index (χ0) is 19.2. The van der Waals surface area contributed by atoms with Crippen LogP contribution in [-0.2, 0) is 0 Å². The Labute approximate surface area is 164 Å². The summed E-state index contributed by atoms with van der Waals surface area (Å²) >= 11 is 6.14. The predicted molar refractivity (Wildman–Crippen MR) is 112 cm³/mol. The van der Waals surface area contributed by atoms with Crippen LogP contribution in [0.25, 0.3) is 11.3 Å². The molecule has 0 atom stereocenters. The van der Waals surface area contributed by atoms with Crippen molar-refractivity contribution in [2.24, 2.45) is 0 Å². The van der Waals surface area contributed by atoms with E-state index in [1.807, 2.05) is 57.4 Å². The average molecular weight is 383 g/mol. The Bertz CT molecular complexity index is 898. The number of hydrogen-bond acceptors (Lipinski definition) is 6. The van der Waals surface area contributed by atoms with Crippen LogP contribution in [0.4, 0.5) is 17.5 Å². The molecule has 0 unspecified atom stereocenters. The molecule has 0 amide bonds. The molecule has 0 spiro atoms. The lowest BCUT2D eigenvalue weighted by atomic mass is 10.2. The zero-order valence-corrected chi connectivity index (χ0v) is 16.5. The lowest BCUT2D eigenvalue weighted by molar-refractivity contribution is 0.425. The van der Waals surface area contributed by atoms with Crippen molar-refractivity contribution in [3.05, 3.63) is 59.4 Å². The third-order valence-corrected chi connectivity index (χ3v) is 4.22. The van der Waals surface area contributed by atoms with Crippen molar-refractivity contribution in [2.45, 2.75) is 6.92 Å². The normalized spacial score (nSPS) is 10.9. The van der Waals surface area contributed by atoms with Gasteiger partial charge in [-0.05, 0) is 50.8 Å². The molecule has 2 N–H and O–H groups in total. The minimum Gasteiger partial charge on any atom is -0.353 e. The molecular formula is C20H23ClN6. The van der Waals surface area contributed by atoms with Crippen LogP contribution < -0.4 is 10.6 Å². The Hall–Kier alpha value is -2.70. The van der Waals surface area contributed by atoms with Crippen LogP contribution in [0.3, 0.4) is 0 Å². The van der Waals surface area contributed by atoms with Crippen molar-refractivity contribution in [1.82, 2.24) is 19.9 Å². The standard InChI is InChI=1S/C20H23ClN6/c1-14-6-7-16(21)11-17(14)24-19-12-18(15-5-4-8-22-13-15)25-20(26-19)23-9-10-27(2)3/h4-8,11-13H,9-10H2,1-3H3,(H2,23,24,25,26). The second kappa shape index (κ2) is 8.79. The van der Waals surface area contributed by atoms with Gasteiger partial charge in [0, 0.05) is 47.8 Å². The lowest BCUT2D eigenvalue weighted by Gasteiger charge is -2.14. The fourth-order valence-corrected chi connectivity index (χ4v) is 2.68. The number of nitrogens with one attached hydrogen (secondary N) is 2. The molecular weight excluding hydrogens is 360 g/mol. The smallest absolute Gasteiger partial charge is 0.225 e. The summed E-state index contributed by atoms with van der Waals surface area (Å²) in [6.07, 6.45) is 3.54. The Kier molecular flexibility index (Phi) is 6.21. The van der Waals surface area contributed by atoms with Gasteiger partial charge in [-0.2, -0.15) is 4.98 Å². The van der Waals surface area contributed by atoms with E-state index in [9.17, 15) is 0 Å². The average Bonchev–Trinajstić information content (AvgIpc) is 2.65. The number of nitrogens with zero attached hydrogens (tertiary/aromatic N) is 4. The number of hydrogen-bond donors (Lipinski definition) is 2. The van der Waals surface area contributed by atoms with Gasteiger partial charge in [0.05, 0.1) is 5.69 Å². The third-order valence-electron chi connectivity index (χ3n) is 3.99. The van der Waals surface area contributed by atoms with Gasteiger partial charge in [0.25, 0.3) is 0 Å². The van der Waals surface area contributed by atoms with Gasteiger partial charge in [-0.1, -0.05) is 17.7 Å². The molecule has 0 saturated carbocycles. The van der Waals surface area contributed by atoms with Crippen LogP contribution >= 0.6 is 11.6 Å². The molecule has 0 saturated heterocycles. The van der Waals surface area contributed by atoms with Gasteiger partial charge in [0.15, 0.2) is 0 Å². The molecule has 7 heteroatoms. The molecule has 27 heavy (non-hydrogen) atoms. The summed E-state index contributed by atoms with van der Waals surface area (Å²) in [5, 5.41) is 7.32. The summed E-state index contributed by atoms with van der Waals surface area (Å²) in [6, 6.07) is 11.5. The van der Waals surface area contributed by atoms with Crippen LogP contribution in [0, 0.1) is 6.92 Å². The second-order valence-corrected chi connectivity index (χ2v) is 6.95. The minimum atomic E-state index is 0.570. The Morgan fingerprint density at radius 2 is 1.96 bits per heavy atom. The van der Waals surface area contributed by atoms with Gasteiger partial charge >= 0.3 is 0 Å². The summed E-state index contributed by atoms with van der Waals surface area (Å²) < 4.78 is 0. The molecule has 0 radical (unpaired) electrons. The summed E-state index contributed by atoms with van der Waals surface area (Å²) in [5.41, 5.74) is 3.73. The van der Waals surface area contributed by atoms with Crippen LogP contribution in [0.15, 0.2) is 48.8 Å². The summed E-state index contributed by atoms with van der Waals surface area (Å²) in [5.74, 6) is 1.27. The number of pyridine rings is 1. The van der Waals surface area contributed by atoms with Crippen LogP contribution in [-0.4, -0.2) is 47.0 Å². The molecule has 1 aromatic carbocycles. The first-order chi connectivity index (χ1) is 13.0. The number of likely N-dealkylation sites (N-methyl/N-ethyl adjacent to an activating group) is 1. The van der Waals surface area contributed by atoms with E-state index in [-0.39, 0.29) is 0 Å². The van der Waals surface area contributed by atoms with Gasteiger partial charge in [-0.15, -0.1) is 0 Å². The maximum atomic E-state index is 6.14. The molecule has 0 fully saturated rings. The van der Waals surface area contributed by atoms with E-state index in [0.717, 1.165) is 35.6 Å². The fraction of sp³-hybridized carbons (Fsp3) is 0.250. The van der Waals surface area contributed by atoms with Crippen molar-refractivity contribution >= 4 is 29.1 Å². The summed E-state index contributed by atoms with van der Waals surface area (Å²) in [6.45, 7) is 3.66. The number of benzene rings is 1. The van der Waals surface area contributed by atoms with Gasteiger partial charge < -0.3 is 15.5 Å². The number of rotatable bonds is 7. The molecule has 3 aromatic rings. The number of halogens is 1. The van der Waals surface area contributed by atoms with Crippen LogP contribution in [0.1, 0.15) is 5.56 Å². The first kappa shape index (κ1) is 19.1. The highest BCUT2D eigenvalue weighted by atomic mass is 35.5. The van der Waals surface area contributed by atoms with Crippen molar-refractivity contribution in [1.29, 1.82) is 0 Å². The fourth-order valence-electron chi connectivity index (χ4n) is 2.51. The van der Waals surface area contributed by atoms with Crippen molar-refractivity contribution in [3.63, 3.8) is 0 Å². The summed E-state index contributed by atoms with van der Waals surface area (Å²) in [4.78, 5) is 15.5. The highest BCUT2D eigenvalue weighted by Crippen LogP contribution is 2.26. The Balaban J connectivity index is 1.92. The predicted octanol–water partition coefficient (Wildman–Crippen LogP) is 4.22. The van der Waals surface area contributed by atoms with E-state index < -0.39 is 0 Å². The molecule has 6 nitrogen and oxygen atoms in total. The third kappa shape index (κ3) is 5.39. The molecule has 0 aliphatic heterocycles. The van der Waals surface area contributed by atoms with Gasteiger partial charge in [0.1, 0.15) is 5.82 Å². The number of aromatic nitrogens is 3. The number of aryl methyl sites for hydroxylation is 1. The zero-order valence-electron chi connectivity index (χ0n) is 15.7. The van der Waals surface area contributed by atoms with E-state index in [2.05, 4.69) is 30.5 Å². The Morgan fingerprint density at radius 1 is 1.11 bits per heavy atom. The monoisotopic (exact) mass is 382 g/mol. The van der Waals surface area contributed by atoms with Crippen LogP contribution in [0.5, 0.6) is 0 Å². The van der Waals surface area contributed by atoms with E-state index in [0.29, 0.717) is 16.8 Å². The summed E-state index contributed by atoms with van der Waals surface area (Å²) in [7, 11) is 4.06. The SMILES string of the molecule is Cc1ccc(Cl)cc1Nc1cc(-c2cccnc2)nc(NCCN(C)C)n1. The molecule has 2 aromatic heterocycles. The highest BCUT2D eigenvalue weighted by Gasteiger charge is 2.09. The highest BCUT2D eigenvalue weighted by molar-refractivity contribution is 6.30. The van der Waals surface area contributed by atoms with Gasteiger partial charge in [-0.3, -0.25) is 4.98 Å². The van der Waals surface area contributed by atoms with Crippen molar-refractivity contribution in [2.75, 3.05) is 37.8 Å². The lowest BCUT2D eigenvalue weighted by Crippen LogP contribution is -2.21. The topological polar surface area (TPSA) is 66.0 Å². The Morgan fingerprint density at radius 3 is 2.70 bits per heavy atom. The van der Waals surface area contributed by atoms with Crippen molar-refractivity contribution < 1.29 is 0 Å². The first-order valence-electron chi connectivity index (χ1n) is 8.72. The van der Waals surface area contributed by atoms with E-state index in [4.69, 9.17) is 11.6 Å². The molecule has 3 rings (SSSR count). The minimum absolute atomic E-state index is 0.570. The van der Waals surface area contributed by atoms with E-state index >= 15 is 0 Å². The molecule has 2 heterocycles. The maximum absolute atomic E-state index is 6.14. The molecule has 0 aliphatic rings. The van der Waals surface area contributed by atoms with E-state index in [1.54, 1.807) is 12.4 Å². The second-order valence-electron chi connectivity index (χ2n) is 6.52. The largest absolute Gasteiger partial charge is 0.353 e. The first-order valence-corrected chi connectivity index (χ1v) is 9.10. The quantitative estimate of drug-likeness (QED) is 0.637. The molecule has 0 bridgehead atoms.